The van der Waals surface area contributed by atoms with Crippen molar-refractivity contribution in [1.29, 1.82) is 0 Å². The van der Waals surface area contributed by atoms with E-state index in [1.165, 1.54) is 15.6 Å². The molecular weight excluding hydrogens is 407 g/mol. The maximum Gasteiger partial charge on any atom is 0.274 e. The van der Waals surface area contributed by atoms with E-state index in [-0.39, 0.29) is 24.1 Å². The number of fused-ring (bicyclic) bond motifs is 1. The van der Waals surface area contributed by atoms with E-state index >= 15 is 0 Å². The zero-order chi connectivity index (χ0) is 21.3. The molecule has 2 aromatic carbocycles. The van der Waals surface area contributed by atoms with E-state index in [0.717, 1.165) is 24.1 Å². The van der Waals surface area contributed by atoms with Crippen LogP contribution in [0, 0.1) is 5.82 Å². The fraction of sp³-hybridized carbons (Fsp3) is 0.227. The average molecular weight is 427 g/mol. The van der Waals surface area contributed by atoms with E-state index in [1.54, 1.807) is 49.5 Å². The Bertz CT molecular complexity index is 1130. The number of carbonyl (C=O) groups is 2. The lowest BCUT2D eigenvalue weighted by Crippen LogP contribution is -2.35. The number of hydrogen-bond acceptors (Lipinski definition) is 3. The van der Waals surface area contributed by atoms with E-state index in [9.17, 15) is 14.0 Å². The molecule has 2 amide bonds. The van der Waals surface area contributed by atoms with Crippen LogP contribution in [0.4, 0.5) is 10.1 Å². The van der Waals surface area contributed by atoms with Gasteiger partial charge >= 0.3 is 0 Å². The Morgan fingerprint density at radius 2 is 2.00 bits per heavy atom. The lowest BCUT2D eigenvalue weighted by atomic mass is 10.2. The van der Waals surface area contributed by atoms with Crippen LogP contribution in [-0.4, -0.2) is 40.1 Å². The standard InChI is InChI=1S/C22H20ClFN4O2/c1-27(13-20(29)25-15-7-4-6-14(23)12-15)22(30)21-16-8-5-11-18(16)28(26-21)19-10-3-2-9-17(19)24/h2-4,6-7,9-10,12H,5,8,11,13H2,1H3,(H,25,29). The topological polar surface area (TPSA) is 67.2 Å². The molecule has 0 saturated heterocycles. The highest BCUT2D eigenvalue weighted by atomic mass is 35.5. The van der Waals surface area contributed by atoms with E-state index < -0.39 is 5.82 Å². The Hall–Kier alpha value is -3.19. The van der Waals surface area contributed by atoms with Crippen LogP contribution in [0.2, 0.25) is 5.02 Å². The summed E-state index contributed by atoms with van der Waals surface area (Å²) in [5.41, 5.74) is 2.81. The molecule has 3 aromatic rings. The van der Waals surface area contributed by atoms with Crippen molar-refractivity contribution in [2.75, 3.05) is 18.9 Å². The zero-order valence-corrected chi connectivity index (χ0v) is 17.1. The van der Waals surface area contributed by atoms with E-state index in [0.29, 0.717) is 22.8 Å². The molecule has 0 bridgehead atoms. The second kappa shape index (κ2) is 8.28. The van der Waals surface area contributed by atoms with Gasteiger partial charge in [-0.3, -0.25) is 9.59 Å². The molecule has 1 aliphatic carbocycles. The maximum absolute atomic E-state index is 14.3. The normalized spacial score (nSPS) is 12.5. The van der Waals surface area contributed by atoms with E-state index in [1.807, 2.05) is 0 Å². The minimum Gasteiger partial charge on any atom is -0.331 e. The Morgan fingerprint density at radius 3 is 2.77 bits per heavy atom. The highest BCUT2D eigenvalue weighted by Crippen LogP contribution is 2.29. The Morgan fingerprint density at radius 1 is 1.20 bits per heavy atom. The number of hydrogen-bond donors (Lipinski definition) is 1. The van der Waals surface area contributed by atoms with Gasteiger partial charge < -0.3 is 10.2 Å². The molecule has 1 aliphatic rings. The van der Waals surface area contributed by atoms with Crippen molar-refractivity contribution in [3.8, 4) is 5.69 Å². The molecule has 1 heterocycles. The van der Waals surface area contributed by atoms with Gasteiger partial charge in [0.05, 0.1) is 6.54 Å². The quantitative estimate of drug-likeness (QED) is 0.673. The van der Waals surface area contributed by atoms with Crippen LogP contribution in [0.5, 0.6) is 0 Å². The zero-order valence-electron chi connectivity index (χ0n) is 16.4. The average Bonchev–Trinajstić information content (AvgIpc) is 3.30. The molecule has 0 aliphatic heterocycles. The van der Waals surface area contributed by atoms with Gasteiger partial charge in [0, 0.05) is 29.0 Å². The molecule has 0 radical (unpaired) electrons. The third-order valence-electron chi connectivity index (χ3n) is 5.05. The van der Waals surface area contributed by atoms with Crippen LogP contribution in [0.3, 0.4) is 0 Å². The first-order chi connectivity index (χ1) is 14.4. The van der Waals surface area contributed by atoms with Gasteiger partial charge in [-0.25, -0.2) is 9.07 Å². The van der Waals surface area contributed by atoms with Crippen LogP contribution in [0.25, 0.3) is 5.69 Å². The van der Waals surface area contributed by atoms with Crippen molar-refractivity contribution < 1.29 is 14.0 Å². The number of nitrogens with one attached hydrogen (secondary N) is 1. The van der Waals surface area contributed by atoms with Crippen LogP contribution in [0.1, 0.15) is 28.2 Å². The number of para-hydroxylation sites is 1. The van der Waals surface area contributed by atoms with Crippen LogP contribution in [-0.2, 0) is 17.6 Å². The third kappa shape index (κ3) is 3.93. The smallest absolute Gasteiger partial charge is 0.274 e. The van der Waals surface area contributed by atoms with Gasteiger partial charge in [0.25, 0.3) is 5.91 Å². The predicted octanol–water partition coefficient (Wildman–Crippen LogP) is 3.86. The van der Waals surface area contributed by atoms with Gasteiger partial charge in [0.1, 0.15) is 11.5 Å². The van der Waals surface area contributed by atoms with E-state index in [4.69, 9.17) is 11.6 Å². The summed E-state index contributed by atoms with van der Waals surface area (Å²) in [6.45, 7) is -0.146. The molecule has 30 heavy (non-hydrogen) atoms. The van der Waals surface area contributed by atoms with Crippen molar-refractivity contribution in [1.82, 2.24) is 14.7 Å². The largest absolute Gasteiger partial charge is 0.331 e. The number of amides is 2. The summed E-state index contributed by atoms with van der Waals surface area (Å²) in [5, 5.41) is 7.65. The first-order valence-electron chi connectivity index (χ1n) is 9.60. The summed E-state index contributed by atoms with van der Waals surface area (Å²) in [6.07, 6.45) is 2.30. The molecule has 1 N–H and O–H groups in total. The summed E-state index contributed by atoms with van der Waals surface area (Å²) in [7, 11) is 1.54. The number of halogens is 2. The van der Waals surface area contributed by atoms with Crippen molar-refractivity contribution >= 4 is 29.1 Å². The minimum absolute atomic E-state index is 0.146. The summed E-state index contributed by atoms with van der Waals surface area (Å²) in [4.78, 5) is 26.7. The molecule has 0 fully saturated rings. The van der Waals surface area contributed by atoms with Crippen molar-refractivity contribution in [2.45, 2.75) is 19.3 Å². The van der Waals surface area contributed by atoms with Crippen molar-refractivity contribution in [3.63, 3.8) is 0 Å². The first kappa shape index (κ1) is 20.1. The van der Waals surface area contributed by atoms with Crippen LogP contribution >= 0.6 is 11.6 Å². The predicted molar refractivity (Wildman–Crippen MR) is 113 cm³/mol. The first-order valence-corrected chi connectivity index (χ1v) is 9.98. The van der Waals surface area contributed by atoms with Crippen LogP contribution in [0.15, 0.2) is 48.5 Å². The molecule has 0 atom stereocenters. The van der Waals surface area contributed by atoms with Gasteiger partial charge in [-0.2, -0.15) is 5.10 Å². The summed E-state index contributed by atoms with van der Waals surface area (Å²) in [5.74, 6) is -1.12. The summed E-state index contributed by atoms with van der Waals surface area (Å²) >= 11 is 5.93. The number of likely N-dealkylation sites (N-methyl/N-ethyl adjacent to an activating group) is 1. The molecule has 6 nitrogen and oxygen atoms in total. The molecule has 0 saturated carbocycles. The molecule has 1 aromatic heterocycles. The second-order valence-electron chi connectivity index (χ2n) is 7.21. The molecule has 0 unspecified atom stereocenters. The number of benzene rings is 2. The SMILES string of the molecule is CN(CC(=O)Nc1cccc(Cl)c1)C(=O)c1nn(-c2ccccc2F)c2c1CCC2. The van der Waals surface area contributed by atoms with Gasteiger partial charge in [-0.1, -0.05) is 29.8 Å². The highest BCUT2D eigenvalue weighted by molar-refractivity contribution is 6.30. The Kier molecular flexibility index (Phi) is 5.55. The lowest BCUT2D eigenvalue weighted by Gasteiger charge is -2.16. The van der Waals surface area contributed by atoms with Crippen LogP contribution < -0.4 is 5.32 Å². The number of anilines is 1. The fourth-order valence-electron chi connectivity index (χ4n) is 3.67. The summed E-state index contributed by atoms with van der Waals surface area (Å²) in [6, 6.07) is 13.1. The minimum atomic E-state index is -0.400. The van der Waals surface area contributed by atoms with Gasteiger partial charge in [0.15, 0.2) is 5.69 Å². The highest BCUT2D eigenvalue weighted by Gasteiger charge is 2.29. The van der Waals surface area contributed by atoms with Gasteiger partial charge in [-0.05, 0) is 49.6 Å². The number of aromatic nitrogens is 2. The third-order valence-corrected chi connectivity index (χ3v) is 5.28. The van der Waals surface area contributed by atoms with E-state index in [2.05, 4.69) is 10.4 Å². The lowest BCUT2D eigenvalue weighted by molar-refractivity contribution is -0.116. The number of nitrogens with zero attached hydrogens (tertiary/aromatic N) is 3. The fourth-order valence-corrected chi connectivity index (χ4v) is 3.86. The molecule has 8 heteroatoms. The van der Waals surface area contributed by atoms with Crippen molar-refractivity contribution in [3.05, 3.63) is 76.3 Å². The Labute approximate surface area is 178 Å². The van der Waals surface area contributed by atoms with Crippen molar-refractivity contribution in [2.24, 2.45) is 0 Å². The number of carbonyl (C=O) groups excluding carboxylic acids is 2. The maximum atomic E-state index is 14.3. The monoisotopic (exact) mass is 426 g/mol. The molecule has 0 spiro atoms. The molecule has 154 valence electrons. The number of rotatable bonds is 5. The van der Waals surface area contributed by atoms with Gasteiger partial charge in [-0.15, -0.1) is 0 Å². The molecular formula is C22H20ClFN4O2. The van der Waals surface area contributed by atoms with Gasteiger partial charge in [0.2, 0.25) is 5.91 Å². The Balaban J connectivity index is 1.54. The second-order valence-corrected chi connectivity index (χ2v) is 7.65. The molecule has 4 rings (SSSR count). The summed E-state index contributed by atoms with van der Waals surface area (Å²) < 4.78 is 15.8.